The fraction of sp³-hybridized carbons (Fsp3) is 0.533. The second kappa shape index (κ2) is 4.39. The summed E-state index contributed by atoms with van der Waals surface area (Å²) in [5.74, 6) is 0.0535. The van der Waals surface area contributed by atoms with Crippen LogP contribution >= 0.6 is 0 Å². The fourth-order valence-corrected chi connectivity index (χ4v) is 3.22. The molecule has 1 aromatic carbocycles. The molecule has 0 saturated heterocycles. The molecular weight excluding hydrogens is 224 g/mol. The number of nitrogens with one attached hydrogen (secondary N) is 1. The predicted octanol–water partition coefficient (Wildman–Crippen LogP) is 1.54. The van der Waals surface area contributed by atoms with Crippen LogP contribution in [0.4, 0.5) is 0 Å². The number of rotatable bonds is 2. The van der Waals surface area contributed by atoms with E-state index in [-0.39, 0.29) is 11.9 Å². The highest BCUT2D eigenvalue weighted by Crippen LogP contribution is 2.28. The third-order valence-corrected chi connectivity index (χ3v) is 4.33. The number of nitrogens with two attached hydrogens (primary N) is 1. The maximum atomic E-state index is 12.2. The summed E-state index contributed by atoms with van der Waals surface area (Å²) in [5, 5.41) is 3.14. The number of amides is 1. The van der Waals surface area contributed by atoms with Crippen LogP contribution < -0.4 is 11.1 Å². The fourth-order valence-electron chi connectivity index (χ4n) is 3.22. The Hall–Kier alpha value is -1.35. The minimum absolute atomic E-state index is 0.0535. The van der Waals surface area contributed by atoms with Gasteiger partial charge in [0.15, 0.2) is 0 Å². The van der Waals surface area contributed by atoms with Crippen molar-refractivity contribution in [3.63, 3.8) is 0 Å². The van der Waals surface area contributed by atoms with Gasteiger partial charge < -0.3 is 11.1 Å². The molecular formula is C15H20N2O. The van der Waals surface area contributed by atoms with Gasteiger partial charge in [0.25, 0.3) is 0 Å². The van der Waals surface area contributed by atoms with Crippen LogP contribution in [0.2, 0.25) is 0 Å². The van der Waals surface area contributed by atoms with Crippen molar-refractivity contribution < 1.29 is 4.79 Å². The van der Waals surface area contributed by atoms with Gasteiger partial charge in [0.05, 0.1) is 5.54 Å². The van der Waals surface area contributed by atoms with Gasteiger partial charge in [-0.15, -0.1) is 0 Å². The lowest BCUT2D eigenvalue weighted by atomic mass is 9.97. The van der Waals surface area contributed by atoms with Gasteiger partial charge >= 0.3 is 0 Å². The molecule has 3 rings (SSSR count). The summed E-state index contributed by atoms with van der Waals surface area (Å²) in [7, 11) is 0. The summed E-state index contributed by atoms with van der Waals surface area (Å²) in [6.45, 7) is 0. The van der Waals surface area contributed by atoms with Gasteiger partial charge in [-0.1, -0.05) is 37.1 Å². The number of hydrogen-bond donors (Lipinski definition) is 2. The number of carbonyl (C=O) groups excluding carboxylic acids is 1. The van der Waals surface area contributed by atoms with E-state index in [1.807, 2.05) is 0 Å². The van der Waals surface area contributed by atoms with Crippen molar-refractivity contribution in [3.8, 4) is 0 Å². The topological polar surface area (TPSA) is 55.1 Å². The lowest BCUT2D eigenvalue weighted by Crippen LogP contribution is -2.54. The van der Waals surface area contributed by atoms with E-state index >= 15 is 0 Å². The Morgan fingerprint density at radius 2 is 1.72 bits per heavy atom. The van der Waals surface area contributed by atoms with Crippen LogP contribution in [-0.4, -0.2) is 17.5 Å². The molecule has 0 unspecified atom stereocenters. The first kappa shape index (κ1) is 11.7. The molecule has 96 valence electrons. The molecule has 0 heterocycles. The number of hydrogen-bond acceptors (Lipinski definition) is 2. The zero-order valence-electron chi connectivity index (χ0n) is 10.6. The smallest absolute Gasteiger partial charge is 0.240 e. The summed E-state index contributed by atoms with van der Waals surface area (Å²) in [6, 6.07) is 8.65. The van der Waals surface area contributed by atoms with Crippen molar-refractivity contribution in [2.75, 3.05) is 0 Å². The van der Waals surface area contributed by atoms with E-state index in [4.69, 9.17) is 5.73 Å². The second-order valence-electron chi connectivity index (χ2n) is 5.71. The Morgan fingerprint density at radius 3 is 2.28 bits per heavy atom. The van der Waals surface area contributed by atoms with E-state index in [0.29, 0.717) is 0 Å². The summed E-state index contributed by atoms with van der Waals surface area (Å²) in [6.07, 6.45) is 5.70. The molecule has 1 amide bonds. The van der Waals surface area contributed by atoms with Crippen molar-refractivity contribution in [2.24, 2.45) is 5.73 Å². The molecule has 0 bridgehead atoms. The van der Waals surface area contributed by atoms with Crippen LogP contribution in [0.1, 0.15) is 36.8 Å². The monoisotopic (exact) mass is 244 g/mol. The van der Waals surface area contributed by atoms with E-state index < -0.39 is 5.54 Å². The minimum atomic E-state index is -0.602. The van der Waals surface area contributed by atoms with Gasteiger partial charge in [-0.05, 0) is 36.8 Å². The van der Waals surface area contributed by atoms with Gasteiger partial charge in [-0.3, -0.25) is 4.79 Å². The van der Waals surface area contributed by atoms with Gasteiger partial charge in [0.1, 0.15) is 0 Å². The highest BCUT2D eigenvalue weighted by molar-refractivity contribution is 5.86. The molecule has 1 saturated carbocycles. The molecule has 2 aliphatic carbocycles. The highest BCUT2D eigenvalue weighted by atomic mass is 16.2. The molecule has 2 aliphatic rings. The SMILES string of the molecule is NC1(C(=O)NC2Cc3ccccc3C2)CCCC1. The quantitative estimate of drug-likeness (QED) is 0.829. The minimum Gasteiger partial charge on any atom is -0.351 e. The van der Waals surface area contributed by atoms with Gasteiger partial charge in [-0.25, -0.2) is 0 Å². The number of carbonyl (C=O) groups is 1. The van der Waals surface area contributed by atoms with E-state index in [0.717, 1.165) is 38.5 Å². The average Bonchev–Trinajstić information content (AvgIpc) is 2.95. The van der Waals surface area contributed by atoms with Crippen LogP contribution in [0.15, 0.2) is 24.3 Å². The third-order valence-electron chi connectivity index (χ3n) is 4.33. The number of fused-ring (bicyclic) bond motifs is 1. The Balaban J connectivity index is 1.64. The Labute approximate surface area is 108 Å². The maximum absolute atomic E-state index is 12.2. The van der Waals surface area contributed by atoms with Crippen LogP contribution in [-0.2, 0) is 17.6 Å². The molecule has 1 aromatic rings. The van der Waals surface area contributed by atoms with Gasteiger partial charge in [0, 0.05) is 6.04 Å². The highest BCUT2D eigenvalue weighted by Gasteiger charge is 2.38. The van der Waals surface area contributed by atoms with Gasteiger partial charge in [0.2, 0.25) is 5.91 Å². The Kier molecular flexibility index (Phi) is 2.86. The van der Waals surface area contributed by atoms with Crippen LogP contribution in [0.5, 0.6) is 0 Å². The largest absolute Gasteiger partial charge is 0.351 e. The number of benzene rings is 1. The van der Waals surface area contributed by atoms with E-state index in [9.17, 15) is 4.79 Å². The van der Waals surface area contributed by atoms with Crippen LogP contribution in [0.3, 0.4) is 0 Å². The molecule has 1 fully saturated rings. The summed E-state index contributed by atoms with van der Waals surface area (Å²) >= 11 is 0. The van der Waals surface area contributed by atoms with Crippen molar-refractivity contribution in [1.82, 2.24) is 5.32 Å². The lowest BCUT2D eigenvalue weighted by molar-refractivity contribution is -0.126. The third kappa shape index (κ3) is 2.03. The second-order valence-corrected chi connectivity index (χ2v) is 5.71. The molecule has 0 radical (unpaired) electrons. The first-order valence-corrected chi connectivity index (χ1v) is 6.84. The van der Waals surface area contributed by atoms with Crippen molar-refractivity contribution in [1.29, 1.82) is 0 Å². The molecule has 3 nitrogen and oxygen atoms in total. The Bertz CT molecular complexity index is 438. The molecule has 3 N–H and O–H groups in total. The molecule has 0 spiro atoms. The molecule has 0 atom stereocenters. The van der Waals surface area contributed by atoms with E-state index in [2.05, 4.69) is 29.6 Å². The van der Waals surface area contributed by atoms with Crippen LogP contribution in [0.25, 0.3) is 0 Å². The Morgan fingerprint density at radius 1 is 1.17 bits per heavy atom. The molecule has 0 aromatic heterocycles. The van der Waals surface area contributed by atoms with Crippen molar-refractivity contribution >= 4 is 5.91 Å². The first-order valence-electron chi connectivity index (χ1n) is 6.84. The average molecular weight is 244 g/mol. The standard InChI is InChI=1S/C15H20N2O/c16-15(7-3-4-8-15)14(18)17-13-9-11-5-1-2-6-12(11)10-13/h1-2,5-6,13H,3-4,7-10,16H2,(H,17,18). The van der Waals surface area contributed by atoms with E-state index in [1.165, 1.54) is 11.1 Å². The zero-order chi connectivity index (χ0) is 12.6. The zero-order valence-corrected chi connectivity index (χ0v) is 10.6. The maximum Gasteiger partial charge on any atom is 0.240 e. The van der Waals surface area contributed by atoms with Crippen molar-refractivity contribution in [2.45, 2.75) is 50.1 Å². The first-order chi connectivity index (χ1) is 8.67. The van der Waals surface area contributed by atoms with Crippen LogP contribution in [0, 0.1) is 0 Å². The molecule has 18 heavy (non-hydrogen) atoms. The molecule has 0 aliphatic heterocycles. The summed E-state index contributed by atoms with van der Waals surface area (Å²) < 4.78 is 0. The van der Waals surface area contributed by atoms with Crippen molar-refractivity contribution in [3.05, 3.63) is 35.4 Å². The normalized spacial score (nSPS) is 21.8. The van der Waals surface area contributed by atoms with E-state index in [1.54, 1.807) is 0 Å². The summed E-state index contributed by atoms with van der Waals surface area (Å²) in [4.78, 5) is 12.2. The predicted molar refractivity (Wildman–Crippen MR) is 71.2 cm³/mol. The van der Waals surface area contributed by atoms with Gasteiger partial charge in [-0.2, -0.15) is 0 Å². The summed E-state index contributed by atoms with van der Waals surface area (Å²) in [5.41, 5.74) is 8.29. The molecule has 3 heteroatoms. The lowest BCUT2D eigenvalue weighted by Gasteiger charge is -2.24.